The number of hydrogen-bond acceptors (Lipinski definition) is 1. The molecule has 0 atom stereocenters. The van der Waals surface area contributed by atoms with Crippen molar-refractivity contribution in [3.8, 4) is 0 Å². The summed E-state index contributed by atoms with van der Waals surface area (Å²) in [5.41, 5.74) is 2.17. The van der Waals surface area contributed by atoms with Crippen LogP contribution in [0.1, 0.15) is 17.5 Å². The molecule has 1 aliphatic rings. The quantitative estimate of drug-likeness (QED) is 0.846. The molecule has 0 N–H and O–H groups in total. The van der Waals surface area contributed by atoms with Crippen LogP contribution in [0.25, 0.3) is 0 Å². The first-order valence-corrected chi connectivity index (χ1v) is 6.97. The van der Waals surface area contributed by atoms with Crippen LogP contribution in [-0.2, 0) is 17.6 Å². The second kappa shape index (κ2) is 5.64. The summed E-state index contributed by atoms with van der Waals surface area (Å²) in [4.78, 5) is 13.9. The Morgan fingerprint density at radius 1 is 1.14 bits per heavy atom. The molecular formula is C17H15F2NO. The summed E-state index contributed by atoms with van der Waals surface area (Å²) in [5, 5.41) is 0. The zero-order valence-electron chi connectivity index (χ0n) is 11.5. The van der Waals surface area contributed by atoms with Gasteiger partial charge in [-0.05, 0) is 48.2 Å². The Labute approximate surface area is 122 Å². The van der Waals surface area contributed by atoms with Crippen molar-refractivity contribution in [3.05, 3.63) is 65.2 Å². The number of amides is 1. The number of rotatable bonds is 3. The maximum atomic E-state index is 13.5. The van der Waals surface area contributed by atoms with Crippen LogP contribution in [-0.4, -0.2) is 12.5 Å². The van der Waals surface area contributed by atoms with E-state index in [0.717, 1.165) is 11.3 Å². The van der Waals surface area contributed by atoms with Crippen LogP contribution >= 0.6 is 0 Å². The molecule has 3 rings (SSSR count). The lowest BCUT2D eigenvalue weighted by Crippen LogP contribution is -2.29. The van der Waals surface area contributed by atoms with Crippen molar-refractivity contribution in [2.45, 2.75) is 19.3 Å². The number of carbonyl (C=O) groups is 1. The van der Waals surface area contributed by atoms with Crippen molar-refractivity contribution in [3.63, 3.8) is 0 Å². The van der Waals surface area contributed by atoms with E-state index in [4.69, 9.17) is 0 Å². The second-order valence-corrected chi connectivity index (χ2v) is 5.16. The van der Waals surface area contributed by atoms with Gasteiger partial charge in [-0.2, -0.15) is 0 Å². The standard InChI is InChI=1S/C17H15F2NO/c18-14-6-7-16-13(11-14)9-10-20(16)17(21)8-5-12-3-1-2-4-15(12)19/h1-4,6-7,11H,5,8-10H2. The lowest BCUT2D eigenvalue weighted by Gasteiger charge is -2.17. The van der Waals surface area contributed by atoms with Crippen LogP contribution in [0.2, 0.25) is 0 Å². The van der Waals surface area contributed by atoms with Gasteiger partial charge in [-0.25, -0.2) is 8.78 Å². The first-order chi connectivity index (χ1) is 10.1. The molecule has 4 heteroatoms. The predicted octanol–water partition coefficient (Wildman–Crippen LogP) is 3.49. The number of hydrogen-bond donors (Lipinski definition) is 0. The third-order valence-corrected chi connectivity index (χ3v) is 3.80. The zero-order chi connectivity index (χ0) is 14.8. The Balaban J connectivity index is 1.69. The van der Waals surface area contributed by atoms with Crippen LogP contribution < -0.4 is 4.90 Å². The van der Waals surface area contributed by atoms with Crippen LogP contribution in [0.4, 0.5) is 14.5 Å². The SMILES string of the molecule is O=C(CCc1ccccc1F)N1CCc2cc(F)ccc21. The maximum absolute atomic E-state index is 13.5. The van der Waals surface area contributed by atoms with E-state index in [2.05, 4.69) is 0 Å². The van der Waals surface area contributed by atoms with Crippen molar-refractivity contribution in [1.82, 2.24) is 0 Å². The van der Waals surface area contributed by atoms with Gasteiger partial charge in [-0.15, -0.1) is 0 Å². The summed E-state index contributed by atoms with van der Waals surface area (Å²) in [6.45, 7) is 0.564. The molecule has 21 heavy (non-hydrogen) atoms. The summed E-state index contributed by atoms with van der Waals surface area (Å²) < 4.78 is 26.7. The monoisotopic (exact) mass is 287 g/mol. The van der Waals surface area contributed by atoms with Crippen LogP contribution in [0.5, 0.6) is 0 Å². The Hall–Kier alpha value is -2.23. The molecule has 2 nitrogen and oxygen atoms in total. The van der Waals surface area contributed by atoms with Crippen molar-refractivity contribution in [2.24, 2.45) is 0 Å². The highest BCUT2D eigenvalue weighted by Crippen LogP contribution is 2.29. The molecule has 1 heterocycles. The van der Waals surface area contributed by atoms with Crippen molar-refractivity contribution in [2.75, 3.05) is 11.4 Å². The van der Waals surface area contributed by atoms with Gasteiger partial charge >= 0.3 is 0 Å². The fourth-order valence-corrected chi connectivity index (χ4v) is 2.71. The predicted molar refractivity (Wildman–Crippen MR) is 77.2 cm³/mol. The van der Waals surface area contributed by atoms with E-state index in [-0.39, 0.29) is 24.0 Å². The fraction of sp³-hybridized carbons (Fsp3) is 0.235. The van der Waals surface area contributed by atoms with E-state index < -0.39 is 0 Å². The molecule has 0 saturated heterocycles. The van der Waals surface area contributed by atoms with E-state index >= 15 is 0 Å². The molecule has 0 aliphatic carbocycles. The minimum atomic E-state index is -0.283. The number of benzene rings is 2. The zero-order valence-corrected chi connectivity index (χ0v) is 11.5. The summed E-state index contributed by atoms with van der Waals surface area (Å²) in [7, 11) is 0. The summed E-state index contributed by atoms with van der Waals surface area (Å²) in [6.07, 6.45) is 1.29. The van der Waals surface area contributed by atoms with Gasteiger partial charge < -0.3 is 4.90 Å². The Morgan fingerprint density at radius 3 is 2.76 bits per heavy atom. The van der Waals surface area contributed by atoms with Gasteiger partial charge in [0.15, 0.2) is 0 Å². The van der Waals surface area contributed by atoms with Crippen LogP contribution in [0.15, 0.2) is 42.5 Å². The Bertz CT molecular complexity index is 684. The lowest BCUT2D eigenvalue weighted by molar-refractivity contribution is -0.118. The molecule has 2 aromatic rings. The van der Waals surface area contributed by atoms with Gasteiger partial charge in [0, 0.05) is 18.7 Å². The topological polar surface area (TPSA) is 20.3 Å². The molecule has 0 fully saturated rings. The first-order valence-electron chi connectivity index (χ1n) is 6.97. The fourth-order valence-electron chi connectivity index (χ4n) is 2.71. The molecular weight excluding hydrogens is 272 g/mol. The summed E-state index contributed by atoms with van der Waals surface area (Å²) in [6, 6.07) is 11.0. The highest BCUT2D eigenvalue weighted by molar-refractivity contribution is 5.95. The number of nitrogens with zero attached hydrogens (tertiary/aromatic N) is 1. The molecule has 0 radical (unpaired) electrons. The average molecular weight is 287 g/mol. The van der Waals surface area contributed by atoms with Gasteiger partial charge in [0.25, 0.3) is 0 Å². The van der Waals surface area contributed by atoms with E-state index in [1.54, 1.807) is 29.2 Å². The second-order valence-electron chi connectivity index (χ2n) is 5.16. The summed E-state index contributed by atoms with van der Waals surface area (Å²) >= 11 is 0. The van der Waals surface area contributed by atoms with Gasteiger partial charge in [0.1, 0.15) is 11.6 Å². The molecule has 2 aromatic carbocycles. The average Bonchev–Trinajstić information content (AvgIpc) is 2.89. The molecule has 0 aromatic heterocycles. The molecule has 0 saturated carbocycles. The maximum Gasteiger partial charge on any atom is 0.227 e. The Morgan fingerprint density at radius 2 is 1.95 bits per heavy atom. The third kappa shape index (κ3) is 2.79. The number of anilines is 1. The van der Waals surface area contributed by atoms with Crippen molar-refractivity contribution in [1.29, 1.82) is 0 Å². The number of halogens is 2. The van der Waals surface area contributed by atoms with Gasteiger partial charge in [0.2, 0.25) is 5.91 Å². The van der Waals surface area contributed by atoms with Gasteiger partial charge in [-0.3, -0.25) is 4.79 Å². The van der Waals surface area contributed by atoms with Crippen molar-refractivity contribution < 1.29 is 13.6 Å². The molecule has 0 bridgehead atoms. The van der Waals surface area contributed by atoms with Crippen LogP contribution in [0, 0.1) is 11.6 Å². The van der Waals surface area contributed by atoms with E-state index in [9.17, 15) is 13.6 Å². The van der Waals surface area contributed by atoms with E-state index in [1.807, 2.05) is 0 Å². The number of fused-ring (bicyclic) bond motifs is 1. The normalized spacial score (nSPS) is 13.3. The first kappa shape index (κ1) is 13.7. The van der Waals surface area contributed by atoms with Crippen molar-refractivity contribution >= 4 is 11.6 Å². The number of carbonyl (C=O) groups excluding carboxylic acids is 1. The minimum Gasteiger partial charge on any atom is -0.312 e. The van der Waals surface area contributed by atoms with Gasteiger partial charge in [-0.1, -0.05) is 18.2 Å². The molecule has 0 spiro atoms. The smallest absolute Gasteiger partial charge is 0.227 e. The third-order valence-electron chi connectivity index (χ3n) is 3.80. The lowest BCUT2D eigenvalue weighted by atomic mass is 10.1. The van der Waals surface area contributed by atoms with Crippen LogP contribution in [0.3, 0.4) is 0 Å². The highest BCUT2D eigenvalue weighted by Gasteiger charge is 2.24. The number of aryl methyl sites for hydroxylation is 1. The van der Waals surface area contributed by atoms with E-state index in [0.29, 0.717) is 24.9 Å². The van der Waals surface area contributed by atoms with E-state index in [1.165, 1.54) is 18.2 Å². The van der Waals surface area contributed by atoms with Gasteiger partial charge in [0.05, 0.1) is 0 Å². The minimum absolute atomic E-state index is 0.0522. The largest absolute Gasteiger partial charge is 0.312 e. The Kier molecular flexibility index (Phi) is 3.69. The highest BCUT2D eigenvalue weighted by atomic mass is 19.1. The molecule has 0 unspecified atom stereocenters. The molecule has 1 amide bonds. The molecule has 1 aliphatic heterocycles. The summed E-state index contributed by atoms with van der Waals surface area (Å²) in [5.74, 6) is -0.618. The molecule has 108 valence electrons.